The van der Waals surface area contributed by atoms with Crippen LogP contribution in [0.4, 0.5) is 0 Å². The standard InChI is InChI=1S/C19H24ClN3O3S/c1-19(2,23-7-9-25-10-8-23)13-21-18(24)16-12-27-17(22-16)11-26-15-5-3-14(20)4-6-15/h3-6,12H,7-11,13H2,1-2H3,(H,21,24). The van der Waals surface area contributed by atoms with Gasteiger partial charge in [0.25, 0.3) is 5.91 Å². The van der Waals surface area contributed by atoms with Crippen molar-refractivity contribution in [2.45, 2.75) is 26.0 Å². The molecule has 1 saturated heterocycles. The average molecular weight is 410 g/mol. The summed E-state index contributed by atoms with van der Waals surface area (Å²) >= 11 is 7.27. The minimum atomic E-state index is -0.162. The summed E-state index contributed by atoms with van der Waals surface area (Å²) in [5.74, 6) is 0.554. The quantitative estimate of drug-likeness (QED) is 0.760. The maximum Gasteiger partial charge on any atom is 0.270 e. The van der Waals surface area contributed by atoms with Gasteiger partial charge in [0.2, 0.25) is 0 Å². The Balaban J connectivity index is 1.49. The highest BCUT2D eigenvalue weighted by Crippen LogP contribution is 2.19. The van der Waals surface area contributed by atoms with Crippen LogP contribution in [0.5, 0.6) is 5.75 Å². The molecular formula is C19H24ClN3O3S. The number of thiazole rings is 1. The Labute approximate surface area is 168 Å². The van der Waals surface area contributed by atoms with E-state index in [0.29, 0.717) is 29.6 Å². The molecule has 1 aromatic carbocycles. The zero-order valence-corrected chi connectivity index (χ0v) is 17.1. The van der Waals surface area contributed by atoms with Gasteiger partial charge in [0.15, 0.2) is 0 Å². The minimum Gasteiger partial charge on any atom is -0.486 e. The molecule has 2 heterocycles. The molecule has 1 fully saturated rings. The van der Waals surface area contributed by atoms with Gasteiger partial charge in [0.05, 0.1) is 13.2 Å². The number of carbonyl (C=O) groups is 1. The van der Waals surface area contributed by atoms with Crippen LogP contribution in [-0.2, 0) is 11.3 Å². The van der Waals surface area contributed by atoms with Crippen LogP contribution in [-0.4, -0.2) is 54.2 Å². The van der Waals surface area contributed by atoms with Crippen molar-refractivity contribution < 1.29 is 14.3 Å². The molecule has 0 atom stereocenters. The lowest BCUT2D eigenvalue weighted by Crippen LogP contribution is -2.55. The van der Waals surface area contributed by atoms with Gasteiger partial charge in [-0.1, -0.05) is 11.6 Å². The van der Waals surface area contributed by atoms with Crippen LogP contribution in [0.3, 0.4) is 0 Å². The molecule has 0 radical (unpaired) electrons. The van der Waals surface area contributed by atoms with Crippen molar-refractivity contribution in [3.05, 3.63) is 45.4 Å². The van der Waals surface area contributed by atoms with Gasteiger partial charge in [0.1, 0.15) is 23.1 Å². The SMILES string of the molecule is CC(C)(CNC(=O)c1csc(COc2ccc(Cl)cc2)n1)N1CCOCC1. The molecule has 1 aliphatic heterocycles. The van der Waals surface area contributed by atoms with E-state index in [1.165, 1.54) is 11.3 Å². The average Bonchev–Trinajstić information content (AvgIpc) is 3.16. The highest BCUT2D eigenvalue weighted by molar-refractivity contribution is 7.09. The summed E-state index contributed by atoms with van der Waals surface area (Å²) < 4.78 is 11.1. The summed E-state index contributed by atoms with van der Waals surface area (Å²) in [6.07, 6.45) is 0. The lowest BCUT2D eigenvalue weighted by atomic mass is 10.0. The summed E-state index contributed by atoms with van der Waals surface area (Å²) in [4.78, 5) is 19.1. The number of carbonyl (C=O) groups excluding carboxylic acids is 1. The predicted molar refractivity (Wildman–Crippen MR) is 107 cm³/mol. The van der Waals surface area contributed by atoms with E-state index in [1.807, 2.05) is 0 Å². The third-order valence-corrected chi connectivity index (χ3v) is 5.58. The summed E-state index contributed by atoms with van der Waals surface area (Å²) in [5.41, 5.74) is 0.295. The molecular weight excluding hydrogens is 386 g/mol. The van der Waals surface area contributed by atoms with Crippen LogP contribution in [0.15, 0.2) is 29.6 Å². The number of halogens is 1. The third kappa shape index (κ3) is 5.65. The topological polar surface area (TPSA) is 63.7 Å². The molecule has 0 saturated carbocycles. The molecule has 1 aliphatic rings. The van der Waals surface area contributed by atoms with Crippen molar-refractivity contribution >= 4 is 28.8 Å². The number of aromatic nitrogens is 1. The fraction of sp³-hybridized carbons (Fsp3) is 0.474. The number of nitrogens with zero attached hydrogens (tertiary/aromatic N) is 2. The number of rotatable bonds is 7. The van der Waals surface area contributed by atoms with Crippen LogP contribution in [0.1, 0.15) is 29.3 Å². The van der Waals surface area contributed by atoms with Gasteiger partial charge < -0.3 is 14.8 Å². The summed E-state index contributed by atoms with van der Waals surface area (Å²) in [6, 6.07) is 7.15. The van der Waals surface area contributed by atoms with E-state index in [-0.39, 0.29) is 11.4 Å². The van der Waals surface area contributed by atoms with E-state index in [9.17, 15) is 4.79 Å². The second-order valence-electron chi connectivity index (χ2n) is 6.96. The molecule has 1 N–H and O–H groups in total. The van der Waals surface area contributed by atoms with Crippen molar-refractivity contribution in [1.29, 1.82) is 0 Å². The summed E-state index contributed by atoms with van der Waals surface area (Å²) in [5, 5.41) is 6.17. The van der Waals surface area contributed by atoms with Crippen LogP contribution in [0, 0.1) is 0 Å². The molecule has 1 aromatic heterocycles. The minimum absolute atomic E-state index is 0.129. The Morgan fingerprint density at radius 2 is 2.04 bits per heavy atom. The van der Waals surface area contributed by atoms with Gasteiger partial charge in [-0.15, -0.1) is 11.3 Å². The lowest BCUT2D eigenvalue weighted by Gasteiger charge is -2.40. The van der Waals surface area contributed by atoms with Crippen molar-refractivity contribution in [3.63, 3.8) is 0 Å². The Bertz CT molecular complexity index is 758. The summed E-state index contributed by atoms with van der Waals surface area (Å²) in [6.45, 7) is 8.37. The van der Waals surface area contributed by atoms with Crippen molar-refractivity contribution in [3.8, 4) is 5.75 Å². The van der Waals surface area contributed by atoms with Gasteiger partial charge in [0, 0.05) is 35.6 Å². The highest BCUT2D eigenvalue weighted by atomic mass is 35.5. The molecule has 146 valence electrons. The maximum absolute atomic E-state index is 12.4. The van der Waals surface area contributed by atoms with Gasteiger partial charge >= 0.3 is 0 Å². The monoisotopic (exact) mass is 409 g/mol. The van der Waals surface area contributed by atoms with E-state index >= 15 is 0 Å². The number of ether oxygens (including phenoxy) is 2. The zero-order valence-electron chi connectivity index (χ0n) is 15.5. The Morgan fingerprint density at radius 3 is 2.74 bits per heavy atom. The molecule has 8 heteroatoms. The van der Waals surface area contributed by atoms with Gasteiger partial charge in [-0.25, -0.2) is 4.98 Å². The lowest BCUT2D eigenvalue weighted by molar-refractivity contribution is -0.00924. The first-order valence-electron chi connectivity index (χ1n) is 8.88. The molecule has 27 heavy (non-hydrogen) atoms. The Hall–Kier alpha value is -1.67. The Kier molecular flexibility index (Phi) is 6.70. The highest BCUT2D eigenvalue weighted by Gasteiger charge is 2.29. The number of hydrogen-bond donors (Lipinski definition) is 1. The molecule has 0 unspecified atom stereocenters. The summed E-state index contributed by atoms with van der Waals surface area (Å²) in [7, 11) is 0. The fourth-order valence-electron chi connectivity index (χ4n) is 2.82. The van der Waals surface area contributed by atoms with Crippen molar-refractivity contribution in [2.24, 2.45) is 0 Å². The van der Waals surface area contributed by atoms with Gasteiger partial charge in [-0.3, -0.25) is 9.69 Å². The smallest absolute Gasteiger partial charge is 0.270 e. The van der Waals surface area contributed by atoms with E-state index < -0.39 is 0 Å². The third-order valence-electron chi connectivity index (χ3n) is 4.51. The van der Waals surface area contributed by atoms with Crippen LogP contribution >= 0.6 is 22.9 Å². The zero-order chi connectivity index (χ0) is 19.3. The molecule has 6 nitrogen and oxygen atoms in total. The predicted octanol–water partition coefficient (Wildman–Crippen LogP) is 3.22. The maximum atomic E-state index is 12.4. The molecule has 3 rings (SSSR count). The number of amides is 1. The molecule has 0 bridgehead atoms. The van der Waals surface area contributed by atoms with Crippen LogP contribution < -0.4 is 10.1 Å². The fourth-order valence-corrected chi connectivity index (χ4v) is 3.64. The molecule has 2 aromatic rings. The van der Waals surface area contributed by atoms with E-state index in [0.717, 1.165) is 31.3 Å². The van der Waals surface area contributed by atoms with E-state index in [4.69, 9.17) is 21.1 Å². The van der Waals surface area contributed by atoms with Gasteiger partial charge in [-0.2, -0.15) is 0 Å². The first-order chi connectivity index (χ1) is 12.9. The molecule has 0 spiro atoms. The first-order valence-corrected chi connectivity index (χ1v) is 10.1. The van der Waals surface area contributed by atoms with Crippen LogP contribution in [0.2, 0.25) is 5.02 Å². The number of nitrogens with one attached hydrogen (secondary N) is 1. The largest absolute Gasteiger partial charge is 0.486 e. The first kappa shape index (κ1) is 20.1. The van der Waals surface area contributed by atoms with Crippen molar-refractivity contribution in [2.75, 3.05) is 32.8 Å². The molecule has 1 amide bonds. The number of hydrogen-bond acceptors (Lipinski definition) is 6. The Morgan fingerprint density at radius 1 is 1.33 bits per heavy atom. The second kappa shape index (κ2) is 9.01. The number of benzene rings is 1. The van der Waals surface area contributed by atoms with Crippen molar-refractivity contribution in [1.82, 2.24) is 15.2 Å². The van der Waals surface area contributed by atoms with Gasteiger partial charge in [-0.05, 0) is 38.1 Å². The van der Waals surface area contributed by atoms with Crippen LogP contribution in [0.25, 0.3) is 0 Å². The van der Waals surface area contributed by atoms with E-state index in [1.54, 1.807) is 29.6 Å². The second-order valence-corrected chi connectivity index (χ2v) is 8.34. The van der Waals surface area contributed by atoms with E-state index in [2.05, 4.69) is 29.0 Å². The normalized spacial score (nSPS) is 15.5. The number of morpholine rings is 1. The molecule has 0 aliphatic carbocycles.